The Morgan fingerprint density at radius 1 is 1.24 bits per heavy atom. The molecular weight excluding hydrogens is 292 g/mol. The van der Waals surface area contributed by atoms with E-state index in [2.05, 4.69) is 24.0 Å². The minimum Gasteiger partial charge on any atom is -0.395 e. The summed E-state index contributed by atoms with van der Waals surface area (Å²) >= 11 is 0. The Morgan fingerprint density at radius 3 is 2.48 bits per heavy atom. The first-order valence-corrected chi connectivity index (χ1v) is 8.47. The molecule has 0 spiro atoms. The van der Waals surface area contributed by atoms with Crippen LogP contribution in [0.4, 0.5) is 0 Å². The van der Waals surface area contributed by atoms with Crippen LogP contribution in [-0.4, -0.2) is 36.0 Å². The fourth-order valence-electron chi connectivity index (χ4n) is 1.85. The summed E-state index contributed by atoms with van der Waals surface area (Å²) in [6, 6.07) is 7.73. The molecule has 2 aromatic rings. The maximum Gasteiger partial charge on any atom is 0.242 e. The minimum absolute atomic E-state index is 0.0337. The lowest BCUT2D eigenvalue weighted by Gasteiger charge is -2.04. The Balaban J connectivity index is 2.16. The summed E-state index contributed by atoms with van der Waals surface area (Å²) in [6.45, 7) is 3.79. The average Bonchev–Trinajstić information content (AvgIpc) is 2.86. The van der Waals surface area contributed by atoms with Gasteiger partial charge in [-0.15, -0.1) is 0 Å². The first kappa shape index (κ1) is 15.7. The molecule has 0 atom stereocenters. The number of aliphatic hydroxyl groups is 1. The third kappa shape index (κ3) is 4.12. The molecule has 0 radical (unpaired) electrons. The second kappa shape index (κ2) is 6.36. The summed E-state index contributed by atoms with van der Waals surface area (Å²) in [5.41, 5.74) is 1.97. The first-order chi connectivity index (χ1) is 9.91. The standard InChI is InChI=1S/C14H18N2O4S/c1-10(2)11-3-5-12(6-4-11)14-15-13(20-16-14)9-21(18,19)8-7-17/h3-6,10,17H,7-9H2,1-2H3. The van der Waals surface area contributed by atoms with Gasteiger partial charge in [0.2, 0.25) is 11.7 Å². The monoisotopic (exact) mass is 310 g/mol. The fourth-order valence-corrected chi connectivity index (χ4v) is 2.76. The van der Waals surface area contributed by atoms with Gasteiger partial charge in [0.05, 0.1) is 12.4 Å². The molecule has 6 nitrogen and oxygen atoms in total. The summed E-state index contributed by atoms with van der Waals surface area (Å²) in [7, 11) is -3.42. The number of benzene rings is 1. The van der Waals surface area contributed by atoms with Crippen LogP contribution in [0.3, 0.4) is 0 Å². The highest BCUT2D eigenvalue weighted by molar-refractivity contribution is 7.90. The van der Waals surface area contributed by atoms with Crippen LogP contribution in [0.5, 0.6) is 0 Å². The zero-order chi connectivity index (χ0) is 15.5. The quantitative estimate of drug-likeness (QED) is 0.874. The summed E-state index contributed by atoms with van der Waals surface area (Å²) in [6.07, 6.45) is 0. The van der Waals surface area contributed by atoms with Crippen molar-refractivity contribution in [2.45, 2.75) is 25.5 Å². The Labute approximate surface area is 123 Å². The molecule has 21 heavy (non-hydrogen) atoms. The number of aromatic nitrogens is 2. The first-order valence-electron chi connectivity index (χ1n) is 6.65. The number of rotatable bonds is 6. The van der Waals surface area contributed by atoms with Crippen LogP contribution in [0.25, 0.3) is 11.4 Å². The van der Waals surface area contributed by atoms with E-state index < -0.39 is 16.4 Å². The molecule has 0 unspecified atom stereocenters. The van der Waals surface area contributed by atoms with E-state index in [0.717, 1.165) is 5.56 Å². The van der Waals surface area contributed by atoms with Gasteiger partial charge in [0.25, 0.3) is 0 Å². The summed E-state index contributed by atoms with van der Waals surface area (Å²) in [4.78, 5) is 4.08. The van der Waals surface area contributed by atoms with Gasteiger partial charge < -0.3 is 9.63 Å². The molecule has 0 bridgehead atoms. The second-order valence-corrected chi connectivity index (χ2v) is 7.29. The molecule has 0 saturated carbocycles. The molecule has 1 heterocycles. The zero-order valence-corrected chi connectivity index (χ0v) is 12.8. The maximum absolute atomic E-state index is 11.6. The SMILES string of the molecule is CC(C)c1ccc(-c2noc(CS(=O)(=O)CCO)n2)cc1. The van der Waals surface area contributed by atoms with E-state index >= 15 is 0 Å². The lowest BCUT2D eigenvalue weighted by molar-refractivity contribution is 0.319. The van der Waals surface area contributed by atoms with Gasteiger partial charge in [0, 0.05) is 5.56 Å². The van der Waals surface area contributed by atoms with Gasteiger partial charge in [-0.2, -0.15) is 4.98 Å². The van der Waals surface area contributed by atoms with E-state index in [4.69, 9.17) is 9.63 Å². The smallest absolute Gasteiger partial charge is 0.242 e. The highest BCUT2D eigenvalue weighted by Gasteiger charge is 2.17. The van der Waals surface area contributed by atoms with E-state index in [1.807, 2.05) is 24.3 Å². The molecule has 1 aromatic carbocycles. The van der Waals surface area contributed by atoms with Crippen molar-refractivity contribution in [2.75, 3.05) is 12.4 Å². The highest BCUT2D eigenvalue weighted by atomic mass is 32.2. The predicted octanol–water partition coefficient (Wildman–Crippen LogP) is 1.77. The molecule has 2 rings (SSSR count). The number of sulfone groups is 1. The van der Waals surface area contributed by atoms with Gasteiger partial charge in [0.15, 0.2) is 9.84 Å². The van der Waals surface area contributed by atoms with Gasteiger partial charge >= 0.3 is 0 Å². The van der Waals surface area contributed by atoms with Crippen molar-refractivity contribution in [3.8, 4) is 11.4 Å². The summed E-state index contributed by atoms with van der Waals surface area (Å²) < 4.78 is 28.1. The number of nitrogens with zero attached hydrogens (tertiary/aromatic N) is 2. The molecule has 0 aliphatic heterocycles. The number of hydrogen-bond donors (Lipinski definition) is 1. The fraction of sp³-hybridized carbons (Fsp3) is 0.429. The Hall–Kier alpha value is -1.73. The van der Waals surface area contributed by atoms with Crippen LogP contribution in [0.2, 0.25) is 0 Å². The van der Waals surface area contributed by atoms with Crippen molar-refractivity contribution < 1.29 is 18.0 Å². The number of hydrogen-bond acceptors (Lipinski definition) is 6. The molecule has 1 aromatic heterocycles. The van der Waals surface area contributed by atoms with Crippen molar-refractivity contribution >= 4 is 9.84 Å². The topological polar surface area (TPSA) is 93.3 Å². The molecular formula is C14H18N2O4S. The van der Waals surface area contributed by atoms with E-state index in [1.54, 1.807) is 0 Å². The minimum atomic E-state index is -3.42. The van der Waals surface area contributed by atoms with Crippen molar-refractivity contribution in [1.29, 1.82) is 0 Å². The van der Waals surface area contributed by atoms with Gasteiger partial charge in [-0.25, -0.2) is 8.42 Å². The normalized spacial score (nSPS) is 12.0. The molecule has 0 aliphatic carbocycles. The Morgan fingerprint density at radius 2 is 1.90 bits per heavy atom. The predicted molar refractivity (Wildman–Crippen MR) is 78.4 cm³/mol. The van der Waals surface area contributed by atoms with Crippen LogP contribution in [0.1, 0.15) is 31.2 Å². The molecule has 0 saturated heterocycles. The zero-order valence-electron chi connectivity index (χ0n) is 12.0. The molecule has 0 amide bonds. The van der Waals surface area contributed by atoms with Crippen molar-refractivity contribution in [3.63, 3.8) is 0 Å². The van der Waals surface area contributed by atoms with E-state index in [1.165, 1.54) is 5.56 Å². The van der Waals surface area contributed by atoms with Crippen LogP contribution in [0.15, 0.2) is 28.8 Å². The largest absolute Gasteiger partial charge is 0.395 e. The van der Waals surface area contributed by atoms with E-state index in [0.29, 0.717) is 11.7 Å². The Bertz CT molecular complexity index is 690. The highest BCUT2D eigenvalue weighted by Crippen LogP contribution is 2.20. The molecule has 1 N–H and O–H groups in total. The average molecular weight is 310 g/mol. The molecule has 0 aliphatic rings. The van der Waals surface area contributed by atoms with Crippen LogP contribution in [0, 0.1) is 0 Å². The van der Waals surface area contributed by atoms with Gasteiger partial charge in [-0.1, -0.05) is 43.3 Å². The van der Waals surface area contributed by atoms with E-state index in [-0.39, 0.29) is 17.4 Å². The molecule has 7 heteroatoms. The number of aliphatic hydroxyl groups excluding tert-OH is 1. The summed E-state index contributed by atoms with van der Waals surface area (Å²) in [5.74, 6) is 0.160. The third-order valence-electron chi connectivity index (χ3n) is 3.05. The van der Waals surface area contributed by atoms with Crippen molar-refractivity contribution in [2.24, 2.45) is 0 Å². The Kier molecular flexibility index (Phi) is 4.74. The molecule has 0 fully saturated rings. The van der Waals surface area contributed by atoms with Crippen molar-refractivity contribution in [3.05, 3.63) is 35.7 Å². The van der Waals surface area contributed by atoms with E-state index in [9.17, 15) is 8.42 Å². The lowest BCUT2D eigenvalue weighted by atomic mass is 10.0. The van der Waals surface area contributed by atoms with Crippen LogP contribution in [-0.2, 0) is 15.6 Å². The van der Waals surface area contributed by atoms with Gasteiger partial charge in [-0.3, -0.25) is 0 Å². The summed E-state index contributed by atoms with van der Waals surface area (Å²) in [5, 5.41) is 12.5. The van der Waals surface area contributed by atoms with Gasteiger partial charge in [-0.05, 0) is 11.5 Å². The maximum atomic E-state index is 11.6. The van der Waals surface area contributed by atoms with Gasteiger partial charge in [0.1, 0.15) is 5.75 Å². The lowest BCUT2D eigenvalue weighted by Crippen LogP contribution is -2.12. The van der Waals surface area contributed by atoms with Crippen molar-refractivity contribution in [1.82, 2.24) is 10.1 Å². The van der Waals surface area contributed by atoms with Crippen LogP contribution >= 0.6 is 0 Å². The second-order valence-electron chi connectivity index (χ2n) is 5.10. The molecule has 114 valence electrons. The van der Waals surface area contributed by atoms with Crippen LogP contribution < -0.4 is 0 Å². The third-order valence-corrected chi connectivity index (χ3v) is 4.54.